The van der Waals surface area contributed by atoms with E-state index in [-0.39, 0.29) is 0 Å². The van der Waals surface area contributed by atoms with Crippen LogP contribution >= 0.6 is 7.60 Å². The molecule has 0 unspecified atom stereocenters. The van der Waals surface area contributed by atoms with Crippen molar-refractivity contribution in [2.75, 3.05) is 13.2 Å². The van der Waals surface area contributed by atoms with Crippen molar-refractivity contribution in [3.8, 4) is 0 Å². The molecular weight excluding hydrogens is 367 g/mol. The van der Waals surface area contributed by atoms with E-state index >= 15 is 0 Å². The summed E-state index contributed by atoms with van der Waals surface area (Å²) in [7, 11) is -3.31. The molecule has 0 radical (unpaired) electrons. The summed E-state index contributed by atoms with van der Waals surface area (Å²) in [6.45, 7) is 0.805. The Morgan fingerprint density at radius 1 is 0.571 bits per heavy atom. The lowest BCUT2D eigenvalue weighted by Crippen LogP contribution is -2.12. The number of benzene rings is 3. The highest BCUT2D eigenvalue weighted by molar-refractivity contribution is 7.62. The van der Waals surface area contributed by atoms with E-state index in [2.05, 4.69) is 24.3 Å². The fourth-order valence-electron chi connectivity index (χ4n) is 3.01. The van der Waals surface area contributed by atoms with E-state index in [1.165, 1.54) is 11.1 Å². The molecule has 0 aromatic heterocycles. The lowest BCUT2D eigenvalue weighted by Gasteiger charge is -2.19. The third-order valence-electron chi connectivity index (χ3n) is 4.50. The van der Waals surface area contributed by atoms with Crippen molar-refractivity contribution in [2.24, 2.45) is 0 Å². The fourth-order valence-corrected chi connectivity index (χ4v) is 4.66. The van der Waals surface area contributed by atoms with E-state index in [4.69, 9.17) is 9.05 Å². The summed E-state index contributed by atoms with van der Waals surface area (Å²) in [5, 5.41) is 0.620. The molecule has 0 saturated carbocycles. The highest BCUT2D eigenvalue weighted by atomic mass is 31.2. The molecule has 3 rings (SSSR count). The van der Waals surface area contributed by atoms with Crippen molar-refractivity contribution in [2.45, 2.75) is 25.7 Å². The van der Waals surface area contributed by atoms with Crippen LogP contribution in [0.3, 0.4) is 0 Å². The average molecular weight is 394 g/mol. The molecule has 3 nitrogen and oxygen atoms in total. The molecule has 28 heavy (non-hydrogen) atoms. The number of aryl methyl sites for hydroxylation is 2. The van der Waals surface area contributed by atoms with Gasteiger partial charge in [0, 0.05) is 0 Å². The van der Waals surface area contributed by atoms with Gasteiger partial charge in [-0.3, -0.25) is 4.57 Å². The third kappa shape index (κ3) is 6.45. The molecule has 146 valence electrons. The molecule has 0 aliphatic heterocycles. The predicted molar refractivity (Wildman–Crippen MR) is 115 cm³/mol. The maximum atomic E-state index is 13.4. The summed E-state index contributed by atoms with van der Waals surface area (Å²) in [6.07, 6.45) is 3.38. The maximum absolute atomic E-state index is 13.4. The van der Waals surface area contributed by atoms with E-state index in [1.54, 1.807) is 0 Å². The SMILES string of the molecule is O=P(OCCCc1ccccc1)(OCCCc1ccccc1)c1ccccc1. The van der Waals surface area contributed by atoms with Crippen LogP contribution in [0.4, 0.5) is 0 Å². The van der Waals surface area contributed by atoms with Crippen molar-refractivity contribution in [1.29, 1.82) is 0 Å². The van der Waals surface area contributed by atoms with Crippen LogP contribution in [-0.4, -0.2) is 13.2 Å². The second-order valence-electron chi connectivity index (χ2n) is 6.68. The van der Waals surface area contributed by atoms with Gasteiger partial charge >= 0.3 is 7.60 Å². The predicted octanol–water partition coefficient (Wildman–Crippen LogP) is 5.80. The Kier molecular flexibility index (Phi) is 8.05. The molecule has 0 aliphatic rings. The van der Waals surface area contributed by atoms with Gasteiger partial charge in [0.2, 0.25) is 0 Å². The summed E-state index contributed by atoms with van der Waals surface area (Å²) in [4.78, 5) is 0. The third-order valence-corrected chi connectivity index (χ3v) is 6.48. The van der Waals surface area contributed by atoms with Gasteiger partial charge in [-0.25, -0.2) is 0 Å². The van der Waals surface area contributed by atoms with Crippen LogP contribution in [0, 0.1) is 0 Å². The van der Waals surface area contributed by atoms with Gasteiger partial charge in [-0.15, -0.1) is 0 Å². The van der Waals surface area contributed by atoms with Crippen LogP contribution in [-0.2, 0) is 26.5 Å². The Morgan fingerprint density at radius 3 is 1.39 bits per heavy atom. The van der Waals surface area contributed by atoms with Crippen LogP contribution in [0.25, 0.3) is 0 Å². The number of hydrogen-bond donors (Lipinski definition) is 0. The van der Waals surface area contributed by atoms with Gasteiger partial charge in [0.25, 0.3) is 0 Å². The number of rotatable bonds is 11. The molecule has 0 N–H and O–H groups in total. The Bertz CT molecular complexity index is 799. The second-order valence-corrected chi connectivity index (χ2v) is 8.71. The van der Waals surface area contributed by atoms with Crippen LogP contribution < -0.4 is 5.30 Å². The Labute approximate surface area is 167 Å². The molecule has 0 fully saturated rings. The minimum atomic E-state index is -3.31. The Hall–Kier alpha value is -2.19. The first-order valence-corrected chi connectivity index (χ1v) is 11.3. The largest absolute Gasteiger partial charge is 0.361 e. The molecule has 0 amide bonds. The van der Waals surface area contributed by atoms with E-state index in [1.807, 2.05) is 66.7 Å². The first-order valence-electron chi connectivity index (χ1n) is 9.79. The second kappa shape index (κ2) is 11.0. The molecule has 0 aliphatic carbocycles. The van der Waals surface area contributed by atoms with Gasteiger partial charge in [0.05, 0.1) is 18.5 Å². The Morgan fingerprint density at radius 2 is 0.964 bits per heavy atom. The average Bonchev–Trinajstić information content (AvgIpc) is 2.76. The molecule has 0 atom stereocenters. The van der Waals surface area contributed by atoms with Gasteiger partial charge in [-0.2, -0.15) is 0 Å². The normalized spacial score (nSPS) is 11.4. The highest BCUT2D eigenvalue weighted by Gasteiger charge is 2.27. The van der Waals surface area contributed by atoms with E-state index in [0.29, 0.717) is 18.5 Å². The van der Waals surface area contributed by atoms with E-state index in [9.17, 15) is 4.57 Å². The van der Waals surface area contributed by atoms with Crippen LogP contribution in [0.15, 0.2) is 91.0 Å². The van der Waals surface area contributed by atoms with Crippen molar-refractivity contribution < 1.29 is 13.6 Å². The molecule has 3 aromatic carbocycles. The standard InChI is InChI=1S/C24H27O3P/c25-28(24-18-8-3-9-19-24,26-20-10-16-22-12-4-1-5-13-22)27-21-11-17-23-14-6-2-7-15-23/h1-9,12-15,18-19H,10-11,16-17,20-21H2. The summed E-state index contributed by atoms with van der Waals surface area (Å²) in [6, 6.07) is 29.8. The zero-order chi connectivity index (χ0) is 19.5. The van der Waals surface area contributed by atoms with Gasteiger partial charge in [0.15, 0.2) is 0 Å². The van der Waals surface area contributed by atoms with E-state index in [0.717, 1.165) is 25.7 Å². The quantitative estimate of drug-likeness (QED) is 0.304. The summed E-state index contributed by atoms with van der Waals surface area (Å²) in [5.41, 5.74) is 2.51. The van der Waals surface area contributed by atoms with Crippen LogP contribution in [0.1, 0.15) is 24.0 Å². The van der Waals surface area contributed by atoms with Crippen molar-refractivity contribution in [3.63, 3.8) is 0 Å². The molecular formula is C24H27O3P. The molecule has 0 heterocycles. The first kappa shape index (κ1) is 20.5. The first-order chi connectivity index (χ1) is 13.8. The molecule has 4 heteroatoms. The monoisotopic (exact) mass is 394 g/mol. The smallest absolute Gasteiger partial charge is 0.305 e. The Balaban J connectivity index is 1.52. The zero-order valence-electron chi connectivity index (χ0n) is 16.1. The summed E-state index contributed by atoms with van der Waals surface area (Å²) >= 11 is 0. The van der Waals surface area contributed by atoms with Crippen LogP contribution in [0.2, 0.25) is 0 Å². The molecule has 3 aromatic rings. The lowest BCUT2D eigenvalue weighted by atomic mass is 10.1. The van der Waals surface area contributed by atoms with E-state index < -0.39 is 7.60 Å². The number of hydrogen-bond acceptors (Lipinski definition) is 3. The minimum absolute atomic E-state index is 0.403. The van der Waals surface area contributed by atoms with Gasteiger partial charge in [0.1, 0.15) is 0 Å². The fraction of sp³-hybridized carbons (Fsp3) is 0.250. The van der Waals surface area contributed by atoms with Gasteiger partial charge < -0.3 is 9.05 Å². The van der Waals surface area contributed by atoms with Crippen molar-refractivity contribution in [1.82, 2.24) is 0 Å². The summed E-state index contributed by atoms with van der Waals surface area (Å²) in [5.74, 6) is 0. The zero-order valence-corrected chi connectivity index (χ0v) is 17.0. The van der Waals surface area contributed by atoms with Crippen LogP contribution in [0.5, 0.6) is 0 Å². The van der Waals surface area contributed by atoms with Gasteiger partial charge in [-0.05, 0) is 48.9 Å². The molecule has 0 saturated heterocycles. The summed E-state index contributed by atoms with van der Waals surface area (Å²) < 4.78 is 25.0. The minimum Gasteiger partial charge on any atom is -0.305 e. The maximum Gasteiger partial charge on any atom is 0.361 e. The van der Waals surface area contributed by atoms with Crippen molar-refractivity contribution >= 4 is 12.9 Å². The van der Waals surface area contributed by atoms with Crippen molar-refractivity contribution in [3.05, 3.63) is 102 Å². The topological polar surface area (TPSA) is 35.5 Å². The molecule has 0 bridgehead atoms. The van der Waals surface area contributed by atoms with Gasteiger partial charge in [-0.1, -0.05) is 78.9 Å². The molecule has 0 spiro atoms. The lowest BCUT2D eigenvalue weighted by molar-refractivity contribution is 0.209. The highest BCUT2D eigenvalue weighted by Crippen LogP contribution is 2.47.